The lowest BCUT2D eigenvalue weighted by Gasteiger charge is -2.05. The summed E-state index contributed by atoms with van der Waals surface area (Å²) < 4.78 is 0. The van der Waals surface area contributed by atoms with Crippen LogP contribution in [0.5, 0.6) is 5.75 Å². The molecule has 1 fully saturated rings. The van der Waals surface area contributed by atoms with Crippen LogP contribution in [0.2, 0.25) is 0 Å². The van der Waals surface area contributed by atoms with Gasteiger partial charge in [0, 0.05) is 0 Å². The fourth-order valence-electron chi connectivity index (χ4n) is 1.72. The zero-order chi connectivity index (χ0) is 12.6. The van der Waals surface area contributed by atoms with E-state index in [9.17, 15) is 9.90 Å². The van der Waals surface area contributed by atoms with Gasteiger partial charge in [0.05, 0.1) is 0 Å². The molecule has 1 saturated heterocycles. The molecule has 4 nitrogen and oxygen atoms in total. The molecule has 1 aromatic rings. The van der Waals surface area contributed by atoms with E-state index in [4.69, 9.17) is 12.2 Å². The van der Waals surface area contributed by atoms with E-state index in [1.54, 1.807) is 6.08 Å². The molecule has 0 atom stereocenters. The molecule has 0 spiro atoms. The summed E-state index contributed by atoms with van der Waals surface area (Å²) in [5.74, 6) is 0.0462. The van der Waals surface area contributed by atoms with Crippen LogP contribution >= 0.6 is 12.2 Å². The second kappa shape index (κ2) is 4.18. The molecule has 0 bridgehead atoms. The lowest BCUT2D eigenvalue weighted by molar-refractivity contribution is -0.115. The van der Waals surface area contributed by atoms with Crippen molar-refractivity contribution in [2.75, 3.05) is 0 Å². The van der Waals surface area contributed by atoms with E-state index in [0.717, 1.165) is 16.7 Å². The molecule has 1 aliphatic heterocycles. The highest BCUT2D eigenvalue weighted by Crippen LogP contribution is 2.24. The minimum atomic E-state index is -0.238. The van der Waals surface area contributed by atoms with Crippen LogP contribution < -0.4 is 10.6 Å². The smallest absolute Gasteiger partial charge is 0.273 e. The number of nitrogens with one attached hydrogen (secondary N) is 2. The van der Waals surface area contributed by atoms with Gasteiger partial charge in [-0.05, 0) is 61.0 Å². The SMILES string of the molecule is Cc1cc(/C=C2/NC(=S)NC2=O)cc(C)c1O. The van der Waals surface area contributed by atoms with Crippen LogP contribution in [0, 0.1) is 13.8 Å². The summed E-state index contributed by atoms with van der Waals surface area (Å²) in [5, 5.41) is 15.2. The molecule has 0 radical (unpaired) electrons. The largest absolute Gasteiger partial charge is 0.507 e. The van der Waals surface area contributed by atoms with E-state index in [0.29, 0.717) is 10.8 Å². The number of amides is 1. The quantitative estimate of drug-likeness (QED) is 0.518. The Morgan fingerprint density at radius 2 is 1.82 bits per heavy atom. The molecule has 1 heterocycles. The van der Waals surface area contributed by atoms with E-state index in [1.165, 1.54) is 0 Å². The molecule has 5 heteroatoms. The zero-order valence-electron chi connectivity index (χ0n) is 9.50. The Hall–Kier alpha value is -1.88. The summed E-state index contributed by atoms with van der Waals surface area (Å²) in [4.78, 5) is 11.4. The minimum absolute atomic E-state index is 0.238. The van der Waals surface area contributed by atoms with Crippen LogP contribution in [-0.2, 0) is 4.79 Å². The van der Waals surface area contributed by atoms with Gasteiger partial charge in [0.2, 0.25) is 0 Å². The molecule has 0 aromatic heterocycles. The van der Waals surface area contributed by atoms with Crippen molar-refractivity contribution in [2.45, 2.75) is 13.8 Å². The molecular formula is C12H12N2O2S. The Kier molecular flexibility index (Phi) is 2.85. The molecule has 2 rings (SSSR count). The van der Waals surface area contributed by atoms with Crippen molar-refractivity contribution in [2.24, 2.45) is 0 Å². The van der Waals surface area contributed by atoms with Crippen LogP contribution in [0.15, 0.2) is 17.8 Å². The summed E-state index contributed by atoms with van der Waals surface area (Å²) in [5.41, 5.74) is 2.82. The third-order valence-electron chi connectivity index (χ3n) is 2.54. The minimum Gasteiger partial charge on any atom is -0.507 e. The molecule has 1 aromatic carbocycles. The van der Waals surface area contributed by atoms with Gasteiger partial charge in [0.15, 0.2) is 5.11 Å². The van der Waals surface area contributed by atoms with Crippen LogP contribution in [-0.4, -0.2) is 16.1 Å². The van der Waals surface area contributed by atoms with Crippen molar-refractivity contribution in [3.05, 3.63) is 34.5 Å². The molecule has 1 amide bonds. The second-order valence-electron chi connectivity index (χ2n) is 3.97. The number of rotatable bonds is 1. The summed E-state index contributed by atoms with van der Waals surface area (Å²) in [6.45, 7) is 3.63. The topological polar surface area (TPSA) is 61.4 Å². The first-order chi connectivity index (χ1) is 7.97. The number of thiocarbonyl (C=S) groups is 1. The van der Waals surface area contributed by atoms with Gasteiger partial charge in [-0.3, -0.25) is 10.1 Å². The van der Waals surface area contributed by atoms with Crippen LogP contribution in [0.1, 0.15) is 16.7 Å². The Bertz CT molecular complexity index is 526. The molecule has 0 unspecified atom stereocenters. The highest BCUT2D eigenvalue weighted by molar-refractivity contribution is 7.80. The number of benzene rings is 1. The predicted octanol–water partition coefficient (Wildman–Crippen LogP) is 1.35. The number of phenolic OH excluding ortho intramolecular Hbond substituents is 1. The maximum Gasteiger partial charge on any atom is 0.273 e. The van der Waals surface area contributed by atoms with Crippen LogP contribution in [0.3, 0.4) is 0 Å². The van der Waals surface area contributed by atoms with E-state index < -0.39 is 0 Å². The van der Waals surface area contributed by atoms with Gasteiger partial charge in [0.1, 0.15) is 11.4 Å². The van der Waals surface area contributed by atoms with Crippen molar-refractivity contribution in [3.63, 3.8) is 0 Å². The monoisotopic (exact) mass is 248 g/mol. The molecular weight excluding hydrogens is 236 g/mol. The standard InChI is InChI=1S/C12H12N2O2S/c1-6-3-8(4-7(2)10(6)15)5-9-11(16)14-12(17)13-9/h3-5,15H,1-2H3,(H2,13,14,16,17)/b9-5+. The Labute approximate surface area is 104 Å². The normalized spacial score (nSPS) is 17.2. The van der Waals surface area contributed by atoms with Gasteiger partial charge in [0.25, 0.3) is 5.91 Å². The molecule has 3 N–H and O–H groups in total. The maximum absolute atomic E-state index is 11.4. The van der Waals surface area contributed by atoms with Crippen molar-refractivity contribution in [1.29, 1.82) is 0 Å². The Morgan fingerprint density at radius 3 is 2.29 bits per heavy atom. The summed E-state index contributed by atoms with van der Waals surface area (Å²) in [6.07, 6.45) is 1.70. The van der Waals surface area contributed by atoms with E-state index in [1.807, 2.05) is 26.0 Å². The van der Waals surface area contributed by atoms with Crippen molar-refractivity contribution in [3.8, 4) is 5.75 Å². The lowest BCUT2D eigenvalue weighted by Crippen LogP contribution is -2.21. The number of carbonyl (C=O) groups is 1. The molecule has 0 aliphatic carbocycles. The first-order valence-corrected chi connectivity index (χ1v) is 5.52. The van der Waals surface area contributed by atoms with Gasteiger partial charge in [-0.25, -0.2) is 0 Å². The number of aryl methyl sites for hydroxylation is 2. The number of carbonyl (C=O) groups excluding carboxylic acids is 1. The number of phenols is 1. The average molecular weight is 248 g/mol. The van der Waals surface area contributed by atoms with Crippen LogP contribution in [0.4, 0.5) is 0 Å². The lowest BCUT2D eigenvalue weighted by atomic mass is 10.0. The third-order valence-corrected chi connectivity index (χ3v) is 2.75. The fourth-order valence-corrected chi connectivity index (χ4v) is 1.92. The number of aromatic hydroxyl groups is 1. The molecule has 1 aliphatic rings. The Morgan fingerprint density at radius 1 is 1.24 bits per heavy atom. The van der Waals surface area contributed by atoms with E-state index in [2.05, 4.69) is 10.6 Å². The van der Waals surface area contributed by atoms with Crippen molar-refractivity contribution < 1.29 is 9.90 Å². The second-order valence-corrected chi connectivity index (χ2v) is 4.38. The maximum atomic E-state index is 11.4. The van der Waals surface area contributed by atoms with E-state index in [-0.39, 0.29) is 11.7 Å². The number of hydrogen-bond acceptors (Lipinski definition) is 3. The van der Waals surface area contributed by atoms with Gasteiger partial charge < -0.3 is 10.4 Å². The highest BCUT2D eigenvalue weighted by atomic mass is 32.1. The van der Waals surface area contributed by atoms with Gasteiger partial charge >= 0.3 is 0 Å². The fraction of sp³-hybridized carbons (Fsp3) is 0.167. The van der Waals surface area contributed by atoms with Gasteiger partial charge in [-0.2, -0.15) is 0 Å². The number of hydrogen-bond donors (Lipinski definition) is 3. The summed E-state index contributed by atoms with van der Waals surface area (Å²) >= 11 is 4.84. The first kappa shape index (κ1) is 11.6. The van der Waals surface area contributed by atoms with Crippen molar-refractivity contribution >= 4 is 29.3 Å². The molecule has 0 saturated carbocycles. The third kappa shape index (κ3) is 2.29. The predicted molar refractivity (Wildman–Crippen MR) is 69.4 cm³/mol. The van der Waals surface area contributed by atoms with Gasteiger partial charge in [-0.15, -0.1) is 0 Å². The van der Waals surface area contributed by atoms with Crippen LogP contribution in [0.25, 0.3) is 6.08 Å². The average Bonchev–Trinajstić information content (AvgIpc) is 2.54. The van der Waals surface area contributed by atoms with Crippen molar-refractivity contribution in [1.82, 2.24) is 10.6 Å². The Balaban J connectivity index is 2.40. The first-order valence-electron chi connectivity index (χ1n) is 5.11. The van der Waals surface area contributed by atoms with Gasteiger partial charge in [-0.1, -0.05) is 0 Å². The highest BCUT2D eigenvalue weighted by Gasteiger charge is 2.19. The summed E-state index contributed by atoms with van der Waals surface area (Å²) in [6, 6.07) is 3.62. The van der Waals surface area contributed by atoms with E-state index >= 15 is 0 Å². The zero-order valence-corrected chi connectivity index (χ0v) is 10.3. The summed E-state index contributed by atoms with van der Waals surface area (Å²) in [7, 11) is 0. The molecule has 17 heavy (non-hydrogen) atoms. The molecule has 88 valence electrons.